The highest BCUT2D eigenvalue weighted by Gasteiger charge is 2.56. The Bertz CT molecular complexity index is 1630. The summed E-state index contributed by atoms with van der Waals surface area (Å²) in [6, 6.07) is 10.6. The van der Waals surface area contributed by atoms with E-state index < -0.39 is 41.5 Å². The molecule has 9 heteroatoms. The predicted molar refractivity (Wildman–Crippen MR) is 143 cm³/mol. The number of hydrogen-bond acceptors (Lipinski definition) is 6. The monoisotopic (exact) mass is 587 g/mol. The van der Waals surface area contributed by atoms with Crippen LogP contribution in [0.5, 0.6) is 5.75 Å². The Kier molecular flexibility index (Phi) is 5.80. The van der Waals surface area contributed by atoms with Gasteiger partial charge in [0.2, 0.25) is 11.8 Å². The molecule has 196 valence electrons. The molecule has 8 nitrogen and oxygen atoms in total. The second kappa shape index (κ2) is 8.98. The summed E-state index contributed by atoms with van der Waals surface area (Å²) in [5.41, 5.74) is 2.19. The Morgan fingerprint density at radius 3 is 2.54 bits per heavy atom. The molecule has 2 aromatic rings. The van der Waals surface area contributed by atoms with Gasteiger partial charge in [0.1, 0.15) is 5.75 Å². The first-order valence-corrected chi connectivity index (χ1v) is 13.3. The fourth-order valence-electron chi connectivity index (χ4n) is 6.53. The maximum Gasteiger partial charge on any atom is 0.335 e. The molecule has 4 unspecified atom stereocenters. The van der Waals surface area contributed by atoms with Gasteiger partial charge in [0.15, 0.2) is 11.6 Å². The number of halogens is 1. The largest absolute Gasteiger partial charge is 0.508 e. The summed E-state index contributed by atoms with van der Waals surface area (Å²) in [6.07, 6.45) is 3.54. The third kappa shape index (κ3) is 3.75. The number of carbonyl (C=O) groups excluding carboxylic acids is 4. The van der Waals surface area contributed by atoms with Crippen molar-refractivity contribution >= 4 is 51.0 Å². The van der Waals surface area contributed by atoms with E-state index in [9.17, 15) is 34.2 Å². The van der Waals surface area contributed by atoms with Crippen LogP contribution in [-0.4, -0.2) is 39.6 Å². The lowest BCUT2D eigenvalue weighted by atomic mass is 9.59. The average molecular weight is 588 g/mol. The van der Waals surface area contributed by atoms with Gasteiger partial charge in [0.05, 0.1) is 23.1 Å². The summed E-state index contributed by atoms with van der Waals surface area (Å²) in [7, 11) is 0. The molecule has 0 spiro atoms. The summed E-state index contributed by atoms with van der Waals surface area (Å²) in [5.74, 6) is -5.52. The quantitative estimate of drug-likeness (QED) is 0.307. The van der Waals surface area contributed by atoms with Gasteiger partial charge in [-0.25, -0.2) is 4.79 Å². The number of amides is 2. The van der Waals surface area contributed by atoms with Crippen LogP contribution in [0.4, 0.5) is 5.69 Å². The van der Waals surface area contributed by atoms with E-state index in [1.165, 1.54) is 36.4 Å². The third-order valence-electron chi connectivity index (χ3n) is 8.21. The molecule has 4 atom stereocenters. The van der Waals surface area contributed by atoms with Crippen LogP contribution in [0.3, 0.4) is 0 Å². The Balaban J connectivity index is 1.49. The number of ketones is 2. The smallest absolute Gasteiger partial charge is 0.335 e. The maximum absolute atomic E-state index is 13.9. The molecular formula is C30H22BrNO7. The van der Waals surface area contributed by atoms with Gasteiger partial charge in [-0.05, 0) is 68.2 Å². The van der Waals surface area contributed by atoms with Gasteiger partial charge in [-0.1, -0.05) is 33.6 Å². The van der Waals surface area contributed by atoms with Crippen molar-refractivity contribution in [1.29, 1.82) is 0 Å². The van der Waals surface area contributed by atoms with Crippen molar-refractivity contribution in [3.05, 3.63) is 92.5 Å². The van der Waals surface area contributed by atoms with E-state index in [2.05, 4.69) is 15.9 Å². The summed E-state index contributed by atoms with van der Waals surface area (Å²) < 4.78 is 0.673. The Labute approximate surface area is 231 Å². The molecule has 1 aliphatic heterocycles. The SMILES string of the molecule is CC1=CC(=O)C2=C(CC3C(=CCC4C(=O)N(c5cccc(C(=O)O)c5)C(=O)C43)C2c2cc(Br)ccc2O)C1=O. The minimum atomic E-state index is -1.18. The van der Waals surface area contributed by atoms with E-state index in [-0.39, 0.29) is 41.4 Å². The topological polar surface area (TPSA) is 129 Å². The summed E-state index contributed by atoms with van der Waals surface area (Å²) in [4.78, 5) is 66.7. The van der Waals surface area contributed by atoms with E-state index in [1.54, 1.807) is 19.1 Å². The zero-order valence-electron chi connectivity index (χ0n) is 20.7. The lowest BCUT2D eigenvalue weighted by Gasteiger charge is -2.42. The number of allylic oxidation sites excluding steroid dienone is 6. The van der Waals surface area contributed by atoms with Crippen LogP contribution in [0, 0.1) is 17.8 Å². The fraction of sp³-hybridized carbons (Fsp3) is 0.233. The van der Waals surface area contributed by atoms with Gasteiger partial charge in [0, 0.05) is 32.7 Å². The van der Waals surface area contributed by atoms with Crippen LogP contribution >= 0.6 is 15.9 Å². The van der Waals surface area contributed by atoms with E-state index in [0.717, 1.165) is 10.5 Å². The Morgan fingerprint density at radius 2 is 1.79 bits per heavy atom. The molecule has 2 amide bonds. The van der Waals surface area contributed by atoms with Crippen molar-refractivity contribution in [2.75, 3.05) is 4.90 Å². The highest BCUT2D eigenvalue weighted by Crippen LogP contribution is 2.56. The highest BCUT2D eigenvalue weighted by molar-refractivity contribution is 9.10. The van der Waals surface area contributed by atoms with Crippen LogP contribution in [-0.2, 0) is 19.2 Å². The number of rotatable bonds is 3. The maximum atomic E-state index is 13.9. The number of anilines is 1. The molecule has 0 radical (unpaired) electrons. The lowest BCUT2D eigenvalue weighted by molar-refractivity contribution is -0.123. The van der Waals surface area contributed by atoms with Crippen molar-refractivity contribution in [2.45, 2.75) is 25.7 Å². The van der Waals surface area contributed by atoms with E-state index in [0.29, 0.717) is 26.8 Å². The van der Waals surface area contributed by atoms with Crippen LogP contribution < -0.4 is 4.90 Å². The van der Waals surface area contributed by atoms with Crippen LogP contribution in [0.15, 0.2) is 81.4 Å². The van der Waals surface area contributed by atoms with Gasteiger partial charge in [-0.2, -0.15) is 0 Å². The molecule has 0 bridgehead atoms. The minimum Gasteiger partial charge on any atom is -0.508 e. The van der Waals surface area contributed by atoms with Crippen LogP contribution in [0.1, 0.15) is 41.6 Å². The molecule has 2 N–H and O–H groups in total. The number of hydrogen-bond donors (Lipinski definition) is 2. The zero-order valence-corrected chi connectivity index (χ0v) is 22.3. The van der Waals surface area contributed by atoms with Gasteiger partial charge >= 0.3 is 5.97 Å². The fourth-order valence-corrected chi connectivity index (χ4v) is 6.91. The Hall–Kier alpha value is -4.11. The van der Waals surface area contributed by atoms with E-state index in [1.807, 2.05) is 6.08 Å². The number of phenolic OH excluding ortho intramolecular Hbond substituents is 1. The second-order valence-electron chi connectivity index (χ2n) is 10.3. The normalized spacial score (nSPS) is 26.2. The third-order valence-corrected chi connectivity index (χ3v) is 8.71. The highest BCUT2D eigenvalue weighted by atomic mass is 79.9. The Morgan fingerprint density at radius 1 is 1.03 bits per heavy atom. The first-order chi connectivity index (χ1) is 18.6. The molecule has 0 aromatic heterocycles. The molecule has 39 heavy (non-hydrogen) atoms. The standard InChI is InChI=1S/C30H22BrNO7/c1-13-9-23(34)26-21(27(13)35)12-19-17(24(26)20-11-15(31)5-8-22(20)33)6-7-18-25(19)29(37)32(28(18)36)16-4-2-3-14(10-16)30(38)39/h2-6,8-11,18-19,24-25,33H,7,12H2,1H3,(H,38,39). The molecule has 4 aliphatic rings. The van der Waals surface area contributed by atoms with Crippen LogP contribution in [0.25, 0.3) is 0 Å². The van der Waals surface area contributed by atoms with Crippen molar-refractivity contribution in [3.63, 3.8) is 0 Å². The number of aromatic hydroxyl groups is 1. The number of imide groups is 1. The van der Waals surface area contributed by atoms with Crippen molar-refractivity contribution < 1.29 is 34.2 Å². The van der Waals surface area contributed by atoms with Crippen LogP contribution in [0.2, 0.25) is 0 Å². The molecule has 1 fully saturated rings. The summed E-state index contributed by atoms with van der Waals surface area (Å²) in [5, 5.41) is 20.3. The summed E-state index contributed by atoms with van der Waals surface area (Å²) >= 11 is 3.43. The molecule has 3 aliphatic carbocycles. The molecule has 1 saturated heterocycles. The van der Waals surface area contributed by atoms with Crippen molar-refractivity contribution in [3.8, 4) is 5.75 Å². The molecular weight excluding hydrogens is 566 g/mol. The number of benzene rings is 2. The average Bonchev–Trinajstić information content (AvgIpc) is 3.17. The van der Waals surface area contributed by atoms with Gasteiger partial charge < -0.3 is 10.2 Å². The number of phenols is 1. The molecule has 0 saturated carbocycles. The number of nitrogens with zero attached hydrogens (tertiary/aromatic N) is 1. The number of Topliss-reactive ketones (excluding diaryl/α,β-unsaturated/α-hetero) is 1. The first-order valence-electron chi connectivity index (χ1n) is 12.5. The molecule has 6 rings (SSSR count). The molecule has 2 aromatic carbocycles. The van der Waals surface area contributed by atoms with E-state index >= 15 is 0 Å². The second-order valence-corrected chi connectivity index (χ2v) is 11.2. The minimum absolute atomic E-state index is 0.0481. The van der Waals surface area contributed by atoms with Crippen molar-refractivity contribution in [2.24, 2.45) is 17.8 Å². The number of fused-ring (bicyclic) bond motifs is 3. The van der Waals surface area contributed by atoms with Gasteiger partial charge in [-0.15, -0.1) is 0 Å². The van der Waals surface area contributed by atoms with Gasteiger partial charge in [-0.3, -0.25) is 24.1 Å². The van der Waals surface area contributed by atoms with Gasteiger partial charge in [0.25, 0.3) is 0 Å². The van der Waals surface area contributed by atoms with E-state index in [4.69, 9.17) is 0 Å². The number of carboxylic acids is 1. The predicted octanol–water partition coefficient (Wildman–Crippen LogP) is 4.49. The van der Waals surface area contributed by atoms with Crippen molar-refractivity contribution in [1.82, 2.24) is 0 Å². The summed E-state index contributed by atoms with van der Waals surface area (Å²) in [6.45, 7) is 1.58. The first kappa shape index (κ1) is 25.2. The lowest BCUT2D eigenvalue weighted by Crippen LogP contribution is -2.39. The number of carbonyl (C=O) groups is 5. The zero-order chi connectivity index (χ0) is 27.7. The number of aromatic carboxylic acids is 1. The number of carboxylic acid groups (broad SMARTS) is 1. The molecule has 1 heterocycles.